The second-order valence-corrected chi connectivity index (χ2v) is 12.3. The fourth-order valence-corrected chi connectivity index (χ4v) is 6.37. The van der Waals surface area contributed by atoms with Gasteiger partial charge < -0.3 is 0 Å². The van der Waals surface area contributed by atoms with Crippen molar-refractivity contribution < 1.29 is 4.39 Å². The Kier molecular flexibility index (Phi) is 12.4. The molecular formula is C37H48ClF. The van der Waals surface area contributed by atoms with Gasteiger partial charge in [-0.1, -0.05) is 112 Å². The van der Waals surface area contributed by atoms with Gasteiger partial charge in [-0.25, -0.2) is 4.39 Å². The predicted molar refractivity (Wildman–Crippen MR) is 166 cm³/mol. The highest BCUT2D eigenvalue weighted by atomic mass is 35.5. The summed E-state index contributed by atoms with van der Waals surface area (Å²) in [5.41, 5.74) is 6.83. The number of unbranched alkanes of at least 4 members (excludes halogenated alkanes) is 6. The highest BCUT2D eigenvalue weighted by Crippen LogP contribution is 2.37. The fourth-order valence-electron chi connectivity index (χ4n) is 6.25. The molecule has 0 unspecified atom stereocenters. The van der Waals surface area contributed by atoms with E-state index < -0.39 is 0 Å². The smallest absolute Gasteiger partial charge is 0.142 e. The standard InChI is InChI=1S/C37H48ClF/c1-2-3-4-5-6-7-8-9-29-18-23-34(24-19-29)35-25-20-32(21-26-35)15-14-30-10-12-31(13-11-30)16-17-33-22-27-36(38)37(39)28-33/h10-13,18-19,22-24,27-28,32,35H,2-9,14-17,20-21,25-26H2,1H3/t32-,35-. The van der Waals surface area contributed by atoms with Crippen molar-refractivity contribution in [2.24, 2.45) is 5.92 Å². The fraction of sp³-hybridized carbons (Fsp3) is 0.514. The summed E-state index contributed by atoms with van der Waals surface area (Å²) in [7, 11) is 0. The van der Waals surface area contributed by atoms with E-state index in [9.17, 15) is 4.39 Å². The molecule has 0 aromatic heterocycles. The summed E-state index contributed by atoms with van der Waals surface area (Å²) in [6.45, 7) is 2.29. The lowest BCUT2D eigenvalue weighted by molar-refractivity contribution is 0.310. The summed E-state index contributed by atoms with van der Waals surface area (Å²) >= 11 is 5.80. The molecular weight excluding hydrogens is 499 g/mol. The van der Waals surface area contributed by atoms with E-state index in [2.05, 4.69) is 55.5 Å². The molecule has 0 atom stereocenters. The molecule has 1 saturated carbocycles. The SMILES string of the molecule is CCCCCCCCCc1ccc([C@H]2CC[C@H](CCc3ccc(CCc4ccc(Cl)c(F)c4)cc3)CC2)cc1. The number of halogens is 2. The molecule has 0 radical (unpaired) electrons. The third kappa shape index (κ3) is 10.1. The van der Waals surface area contributed by atoms with Gasteiger partial charge in [0.1, 0.15) is 5.82 Å². The minimum atomic E-state index is -0.328. The lowest BCUT2D eigenvalue weighted by Crippen LogP contribution is -2.14. The molecule has 2 heteroatoms. The van der Waals surface area contributed by atoms with Crippen LogP contribution < -0.4 is 0 Å². The Morgan fingerprint density at radius 3 is 1.82 bits per heavy atom. The maximum Gasteiger partial charge on any atom is 0.142 e. The van der Waals surface area contributed by atoms with Crippen LogP contribution in [0.3, 0.4) is 0 Å². The first-order chi connectivity index (χ1) is 19.1. The van der Waals surface area contributed by atoms with Gasteiger partial charge in [-0.15, -0.1) is 0 Å². The van der Waals surface area contributed by atoms with E-state index in [1.165, 1.54) is 107 Å². The van der Waals surface area contributed by atoms with Crippen LogP contribution in [0, 0.1) is 11.7 Å². The van der Waals surface area contributed by atoms with Crippen LogP contribution >= 0.6 is 11.6 Å². The molecule has 0 spiro atoms. The summed E-state index contributed by atoms with van der Waals surface area (Å²) in [4.78, 5) is 0. The first-order valence-electron chi connectivity index (χ1n) is 15.7. The normalized spacial score (nSPS) is 17.4. The molecule has 0 saturated heterocycles. The van der Waals surface area contributed by atoms with Gasteiger partial charge in [-0.05, 0) is 116 Å². The quantitative estimate of drug-likeness (QED) is 0.166. The molecule has 4 rings (SSSR count). The Bertz CT molecular complexity index is 1090. The van der Waals surface area contributed by atoms with Crippen LogP contribution in [0.2, 0.25) is 5.02 Å². The lowest BCUT2D eigenvalue weighted by Gasteiger charge is -2.29. The van der Waals surface area contributed by atoms with E-state index in [-0.39, 0.29) is 10.8 Å². The number of hydrogen-bond acceptors (Lipinski definition) is 0. The highest BCUT2D eigenvalue weighted by molar-refractivity contribution is 6.30. The van der Waals surface area contributed by atoms with Crippen LogP contribution in [0.4, 0.5) is 4.39 Å². The first kappa shape index (κ1) is 29.9. The van der Waals surface area contributed by atoms with Crippen molar-refractivity contribution in [3.63, 3.8) is 0 Å². The third-order valence-corrected chi connectivity index (χ3v) is 9.22. The van der Waals surface area contributed by atoms with Gasteiger partial charge in [0.25, 0.3) is 0 Å². The first-order valence-corrected chi connectivity index (χ1v) is 16.1. The third-order valence-electron chi connectivity index (χ3n) is 8.92. The molecule has 3 aromatic rings. The van der Waals surface area contributed by atoms with E-state index in [1.54, 1.807) is 17.7 Å². The number of hydrogen-bond donors (Lipinski definition) is 0. The minimum Gasteiger partial charge on any atom is -0.205 e. The molecule has 210 valence electrons. The van der Waals surface area contributed by atoms with Crippen LogP contribution in [0.15, 0.2) is 66.7 Å². The maximum absolute atomic E-state index is 13.7. The van der Waals surface area contributed by atoms with Crippen LogP contribution in [-0.2, 0) is 25.7 Å². The molecule has 1 aliphatic rings. The zero-order valence-corrected chi connectivity index (χ0v) is 24.8. The Morgan fingerprint density at radius 1 is 0.615 bits per heavy atom. The Morgan fingerprint density at radius 2 is 1.15 bits per heavy atom. The van der Waals surface area contributed by atoms with Crippen molar-refractivity contribution in [3.8, 4) is 0 Å². The van der Waals surface area contributed by atoms with Gasteiger partial charge in [0.05, 0.1) is 5.02 Å². The van der Waals surface area contributed by atoms with E-state index >= 15 is 0 Å². The average Bonchev–Trinajstić information content (AvgIpc) is 2.97. The number of aryl methyl sites for hydroxylation is 4. The largest absolute Gasteiger partial charge is 0.205 e. The van der Waals surface area contributed by atoms with Crippen molar-refractivity contribution in [2.75, 3.05) is 0 Å². The number of rotatable bonds is 15. The van der Waals surface area contributed by atoms with Crippen molar-refractivity contribution >= 4 is 11.6 Å². The molecule has 1 aliphatic carbocycles. The van der Waals surface area contributed by atoms with Gasteiger partial charge in [0.2, 0.25) is 0 Å². The van der Waals surface area contributed by atoms with Gasteiger partial charge >= 0.3 is 0 Å². The zero-order valence-electron chi connectivity index (χ0n) is 24.1. The van der Waals surface area contributed by atoms with Crippen molar-refractivity contribution in [3.05, 3.63) is 105 Å². The molecule has 0 N–H and O–H groups in total. The molecule has 0 amide bonds. The summed E-state index contributed by atoms with van der Waals surface area (Å²) in [5.74, 6) is 1.28. The molecule has 3 aromatic carbocycles. The molecule has 0 bridgehead atoms. The van der Waals surface area contributed by atoms with Crippen molar-refractivity contribution in [1.29, 1.82) is 0 Å². The monoisotopic (exact) mass is 546 g/mol. The van der Waals surface area contributed by atoms with E-state index in [1.807, 2.05) is 6.07 Å². The van der Waals surface area contributed by atoms with Gasteiger partial charge in [0, 0.05) is 0 Å². The zero-order chi connectivity index (χ0) is 27.3. The van der Waals surface area contributed by atoms with Gasteiger partial charge in [0.15, 0.2) is 0 Å². The van der Waals surface area contributed by atoms with Gasteiger partial charge in [-0.2, -0.15) is 0 Å². The summed E-state index contributed by atoms with van der Waals surface area (Å²) < 4.78 is 13.7. The summed E-state index contributed by atoms with van der Waals surface area (Å²) in [6, 6.07) is 23.8. The molecule has 1 fully saturated rings. The molecule has 0 aliphatic heterocycles. The van der Waals surface area contributed by atoms with E-state index in [0.29, 0.717) is 0 Å². The Labute approximate surface area is 242 Å². The molecule has 0 heterocycles. The minimum absolute atomic E-state index is 0.194. The second kappa shape index (κ2) is 16.2. The van der Waals surface area contributed by atoms with Gasteiger partial charge in [-0.3, -0.25) is 0 Å². The highest BCUT2D eigenvalue weighted by Gasteiger charge is 2.22. The van der Waals surface area contributed by atoms with Crippen molar-refractivity contribution in [1.82, 2.24) is 0 Å². The van der Waals surface area contributed by atoms with E-state index in [4.69, 9.17) is 11.6 Å². The Balaban J connectivity index is 1.11. The van der Waals surface area contributed by atoms with Crippen LogP contribution in [0.25, 0.3) is 0 Å². The summed E-state index contributed by atoms with van der Waals surface area (Å²) in [6.07, 6.45) is 20.6. The topological polar surface area (TPSA) is 0 Å². The number of benzene rings is 3. The molecule has 0 nitrogen and oxygen atoms in total. The maximum atomic E-state index is 13.7. The predicted octanol–water partition coefficient (Wildman–Crippen LogP) is 11.5. The van der Waals surface area contributed by atoms with Crippen LogP contribution in [0.1, 0.15) is 118 Å². The summed E-state index contributed by atoms with van der Waals surface area (Å²) in [5, 5.41) is 0.194. The Hall–Kier alpha value is -2.12. The van der Waals surface area contributed by atoms with E-state index in [0.717, 1.165) is 30.2 Å². The average molecular weight is 547 g/mol. The van der Waals surface area contributed by atoms with Crippen molar-refractivity contribution in [2.45, 2.75) is 116 Å². The van der Waals surface area contributed by atoms with Crippen LogP contribution in [-0.4, -0.2) is 0 Å². The lowest BCUT2D eigenvalue weighted by atomic mass is 9.76. The van der Waals surface area contributed by atoms with Crippen LogP contribution in [0.5, 0.6) is 0 Å². The second-order valence-electron chi connectivity index (χ2n) is 11.9. The molecule has 39 heavy (non-hydrogen) atoms.